The van der Waals surface area contributed by atoms with Crippen LogP contribution in [0.2, 0.25) is 0 Å². The minimum absolute atomic E-state index is 0.0950. The molecule has 1 aliphatic heterocycles. The van der Waals surface area contributed by atoms with Gasteiger partial charge in [0.2, 0.25) is 0 Å². The van der Waals surface area contributed by atoms with Crippen molar-refractivity contribution in [2.75, 3.05) is 20.8 Å². The Bertz CT molecular complexity index is 835. The third-order valence-corrected chi connectivity index (χ3v) is 3.76. The van der Waals surface area contributed by atoms with Crippen molar-refractivity contribution >= 4 is 17.8 Å². The van der Waals surface area contributed by atoms with Gasteiger partial charge in [-0.15, -0.1) is 0 Å². The van der Waals surface area contributed by atoms with Crippen molar-refractivity contribution in [1.82, 2.24) is 0 Å². The molecule has 0 unspecified atom stereocenters. The van der Waals surface area contributed by atoms with Gasteiger partial charge in [-0.05, 0) is 35.9 Å². The Balaban J connectivity index is 1.92. The standard InChI is InChI=1S/C19H16O5/c1-22-15-6-7-16-17(10-15)24-11-14(18(16)20)9-12-4-3-5-13(8-12)19(21)23-2/h3-10H,11H2,1-2H3. The van der Waals surface area contributed by atoms with E-state index in [1.807, 2.05) is 6.07 Å². The second-order valence-corrected chi connectivity index (χ2v) is 5.27. The highest BCUT2D eigenvalue weighted by Crippen LogP contribution is 2.31. The van der Waals surface area contributed by atoms with Gasteiger partial charge in [-0.2, -0.15) is 0 Å². The molecule has 0 radical (unpaired) electrons. The average Bonchev–Trinajstić information content (AvgIpc) is 2.63. The zero-order valence-corrected chi connectivity index (χ0v) is 13.4. The summed E-state index contributed by atoms with van der Waals surface area (Å²) >= 11 is 0. The molecule has 0 N–H and O–H groups in total. The summed E-state index contributed by atoms with van der Waals surface area (Å²) in [6, 6.07) is 12.0. The first-order chi connectivity index (χ1) is 11.6. The molecule has 3 rings (SSSR count). The predicted molar refractivity (Wildman–Crippen MR) is 88.6 cm³/mol. The van der Waals surface area contributed by atoms with E-state index in [1.54, 1.807) is 49.6 Å². The SMILES string of the molecule is COC(=O)c1cccc(C=C2COc3cc(OC)ccc3C2=O)c1. The number of esters is 1. The van der Waals surface area contributed by atoms with Gasteiger partial charge >= 0.3 is 5.97 Å². The summed E-state index contributed by atoms with van der Waals surface area (Å²) in [6.07, 6.45) is 1.72. The smallest absolute Gasteiger partial charge is 0.337 e. The van der Waals surface area contributed by atoms with E-state index >= 15 is 0 Å². The molecule has 1 aliphatic rings. The Hall–Kier alpha value is -3.08. The highest BCUT2D eigenvalue weighted by atomic mass is 16.5. The van der Waals surface area contributed by atoms with Crippen LogP contribution in [0, 0.1) is 0 Å². The first kappa shape index (κ1) is 15.8. The highest BCUT2D eigenvalue weighted by Gasteiger charge is 2.23. The summed E-state index contributed by atoms with van der Waals surface area (Å²) in [6.45, 7) is 0.168. The van der Waals surface area contributed by atoms with Crippen LogP contribution in [-0.2, 0) is 4.74 Å². The van der Waals surface area contributed by atoms with E-state index in [1.165, 1.54) is 7.11 Å². The molecule has 1 heterocycles. The summed E-state index contributed by atoms with van der Waals surface area (Å²) < 4.78 is 15.5. The maximum absolute atomic E-state index is 12.6. The molecule has 0 atom stereocenters. The molecule has 0 bridgehead atoms. The molecule has 5 nitrogen and oxygen atoms in total. The van der Waals surface area contributed by atoms with Crippen molar-refractivity contribution in [3.63, 3.8) is 0 Å². The van der Waals surface area contributed by atoms with Gasteiger partial charge in [0.1, 0.15) is 18.1 Å². The lowest BCUT2D eigenvalue weighted by molar-refractivity contribution is 0.0600. The number of benzene rings is 2. The fourth-order valence-electron chi connectivity index (χ4n) is 2.51. The van der Waals surface area contributed by atoms with Gasteiger partial charge in [-0.1, -0.05) is 12.1 Å². The average molecular weight is 324 g/mol. The van der Waals surface area contributed by atoms with Crippen LogP contribution in [0.25, 0.3) is 6.08 Å². The number of Topliss-reactive ketones (excluding diaryl/α,β-unsaturated/α-hetero) is 1. The Morgan fingerprint density at radius 2 is 2.00 bits per heavy atom. The zero-order chi connectivity index (χ0) is 17.1. The molecule has 5 heteroatoms. The summed E-state index contributed by atoms with van der Waals surface area (Å²) in [5, 5.41) is 0. The maximum atomic E-state index is 12.6. The van der Waals surface area contributed by atoms with E-state index < -0.39 is 5.97 Å². The summed E-state index contributed by atoms with van der Waals surface area (Å²) in [5.74, 6) is 0.640. The molecule has 2 aromatic rings. The normalized spacial score (nSPS) is 14.8. The van der Waals surface area contributed by atoms with Crippen LogP contribution in [0.3, 0.4) is 0 Å². The zero-order valence-electron chi connectivity index (χ0n) is 13.4. The first-order valence-electron chi connectivity index (χ1n) is 7.37. The lowest BCUT2D eigenvalue weighted by atomic mass is 9.98. The van der Waals surface area contributed by atoms with Crippen molar-refractivity contribution in [3.8, 4) is 11.5 Å². The van der Waals surface area contributed by atoms with E-state index in [0.29, 0.717) is 28.2 Å². The Morgan fingerprint density at radius 1 is 1.17 bits per heavy atom. The summed E-state index contributed by atoms with van der Waals surface area (Å²) in [5.41, 5.74) is 2.19. The van der Waals surface area contributed by atoms with Crippen LogP contribution in [-0.4, -0.2) is 32.6 Å². The number of ether oxygens (including phenoxy) is 3. The number of hydrogen-bond donors (Lipinski definition) is 0. The number of methoxy groups -OCH3 is 2. The van der Waals surface area contributed by atoms with Crippen LogP contribution >= 0.6 is 0 Å². The summed E-state index contributed by atoms with van der Waals surface area (Å²) in [7, 11) is 2.89. The molecular formula is C19H16O5. The van der Waals surface area contributed by atoms with Gasteiger partial charge in [-0.3, -0.25) is 4.79 Å². The van der Waals surface area contributed by atoms with Crippen LogP contribution in [0.5, 0.6) is 11.5 Å². The molecule has 0 fully saturated rings. The Labute approximate surface area is 139 Å². The Kier molecular flexibility index (Phi) is 4.33. The molecule has 0 saturated heterocycles. The quantitative estimate of drug-likeness (QED) is 0.641. The van der Waals surface area contributed by atoms with E-state index in [2.05, 4.69) is 0 Å². The lowest BCUT2D eigenvalue weighted by Crippen LogP contribution is -2.19. The highest BCUT2D eigenvalue weighted by molar-refractivity contribution is 6.14. The van der Waals surface area contributed by atoms with E-state index in [-0.39, 0.29) is 12.4 Å². The second-order valence-electron chi connectivity index (χ2n) is 5.27. The van der Waals surface area contributed by atoms with Crippen molar-refractivity contribution in [2.45, 2.75) is 0 Å². The monoisotopic (exact) mass is 324 g/mol. The molecule has 0 aliphatic carbocycles. The molecule has 122 valence electrons. The minimum Gasteiger partial charge on any atom is -0.497 e. The Morgan fingerprint density at radius 3 is 2.75 bits per heavy atom. The number of hydrogen-bond acceptors (Lipinski definition) is 5. The fraction of sp³-hybridized carbons (Fsp3) is 0.158. The van der Waals surface area contributed by atoms with Crippen LogP contribution < -0.4 is 9.47 Å². The molecule has 0 aromatic heterocycles. The number of carbonyl (C=O) groups is 2. The van der Waals surface area contributed by atoms with Gasteiger partial charge in [0.15, 0.2) is 5.78 Å². The predicted octanol–water partition coefficient (Wildman–Crippen LogP) is 3.14. The van der Waals surface area contributed by atoms with Crippen molar-refractivity contribution in [1.29, 1.82) is 0 Å². The first-order valence-corrected chi connectivity index (χ1v) is 7.37. The molecule has 0 amide bonds. The van der Waals surface area contributed by atoms with Crippen molar-refractivity contribution in [3.05, 3.63) is 64.7 Å². The van der Waals surface area contributed by atoms with Gasteiger partial charge < -0.3 is 14.2 Å². The van der Waals surface area contributed by atoms with E-state index in [4.69, 9.17) is 14.2 Å². The van der Waals surface area contributed by atoms with E-state index in [0.717, 1.165) is 5.56 Å². The molecule has 0 saturated carbocycles. The van der Waals surface area contributed by atoms with Crippen molar-refractivity contribution in [2.24, 2.45) is 0 Å². The third kappa shape index (κ3) is 3.01. The van der Waals surface area contributed by atoms with Crippen LogP contribution in [0.1, 0.15) is 26.3 Å². The largest absolute Gasteiger partial charge is 0.497 e. The molecule has 0 spiro atoms. The molecule has 24 heavy (non-hydrogen) atoms. The topological polar surface area (TPSA) is 61.8 Å². The molecule has 2 aromatic carbocycles. The van der Waals surface area contributed by atoms with Gasteiger partial charge in [0.05, 0.1) is 25.3 Å². The maximum Gasteiger partial charge on any atom is 0.337 e. The minimum atomic E-state index is -0.418. The number of ketones is 1. The van der Waals surface area contributed by atoms with Gasteiger partial charge in [0, 0.05) is 11.6 Å². The van der Waals surface area contributed by atoms with E-state index in [9.17, 15) is 9.59 Å². The number of carbonyl (C=O) groups excluding carboxylic acids is 2. The summed E-state index contributed by atoms with van der Waals surface area (Å²) in [4.78, 5) is 24.2. The fourth-order valence-corrected chi connectivity index (χ4v) is 2.51. The molecular weight excluding hydrogens is 308 g/mol. The third-order valence-electron chi connectivity index (χ3n) is 3.76. The lowest BCUT2D eigenvalue weighted by Gasteiger charge is -2.19. The number of fused-ring (bicyclic) bond motifs is 1. The van der Waals surface area contributed by atoms with Crippen molar-refractivity contribution < 1.29 is 23.8 Å². The van der Waals surface area contributed by atoms with Crippen LogP contribution in [0.4, 0.5) is 0 Å². The second kappa shape index (κ2) is 6.58. The van der Waals surface area contributed by atoms with Gasteiger partial charge in [0.25, 0.3) is 0 Å². The number of rotatable bonds is 3. The van der Waals surface area contributed by atoms with Gasteiger partial charge in [-0.25, -0.2) is 4.79 Å². The van der Waals surface area contributed by atoms with Crippen LogP contribution in [0.15, 0.2) is 48.0 Å².